The summed E-state index contributed by atoms with van der Waals surface area (Å²) in [6.45, 7) is 8.88. The number of hydrogen-bond donors (Lipinski definition) is 1. The van der Waals surface area contributed by atoms with Gasteiger partial charge in [0.25, 0.3) is 0 Å². The Balaban J connectivity index is 1.83. The fraction of sp³-hybridized carbons (Fsp3) is 0.700. The summed E-state index contributed by atoms with van der Waals surface area (Å²) in [6, 6.07) is 0. The lowest BCUT2D eigenvalue weighted by atomic mass is 9.46. The molecule has 4 heteroatoms. The van der Waals surface area contributed by atoms with Crippen molar-refractivity contribution in [3.05, 3.63) is 23.8 Å². The second-order valence-corrected chi connectivity index (χ2v) is 8.25. The second-order valence-electron chi connectivity index (χ2n) is 8.25. The minimum atomic E-state index is -0.660. The van der Waals surface area contributed by atoms with Gasteiger partial charge in [-0.2, -0.15) is 0 Å². The molecule has 2 saturated carbocycles. The van der Waals surface area contributed by atoms with Crippen LogP contribution in [0.3, 0.4) is 0 Å². The summed E-state index contributed by atoms with van der Waals surface area (Å²) in [5.74, 6) is -0.398. The molecule has 1 aliphatic heterocycles. The third-order valence-electron chi connectivity index (χ3n) is 7.02. The quantitative estimate of drug-likeness (QED) is 0.621. The summed E-state index contributed by atoms with van der Waals surface area (Å²) in [5, 5.41) is 9.85. The maximum atomic E-state index is 12.0. The number of hydrogen-bond acceptors (Lipinski definition) is 3. The molecule has 132 valence electrons. The molecule has 0 amide bonds. The van der Waals surface area contributed by atoms with E-state index in [2.05, 4.69) is 13.5 Å². The normalized spacial score (nSPS) is 39.2. The van der Waals surface area contributed by atoms with E-state index in [0.717, 1.165) is 44.1 Å². The Hall–Kier alpha value is -1.58. The van der Waals surface area contributed by atoms with Crippen molar-refractivity contribution in [3.63, 3.8) is 0 Å². The Bertz CT molecular complexity index is 605. The molecule has 0 unspecified atom stereocenters. The standard InChI is InChI=1S/C20H28O4/c1-13-5-8-16-19(2,10-4-11-20(16,3)18(22)23)15(13)7-6-14-9-12-24-17(14)21/h9,15-16H,1,4-8,10-12H2,2-3H3,(H,22,23)/t15-,16-,19+,20+/m1/s1. The molecule has 1 heterocycles. The van der Waals surface area contributed by atoms with Gasteiger partial charge in [0, 0.05) is 5.57 Å². The Morgan fingerprint density at radius 2 is 2.17 bits per heavy atom. The van der Waals surface area contributed by atoms with Gasteiger partial charge < -0.3 is 9.84 Å². The van der Waals surface area contributed by atoms with Gasteiger partial charge in [-0.05, 0) is 68.8 Å². The number of esters is 1. The third kappa shape index (κ3) is 2.60. The van der Waals surface area contributed by atoms with Gasteiger partial charge in [0.1, 0.15) is 6.61 Å². The maximum absolute atomic E-state index is 12.0. The molecule has 3 rings (SSSR count). The number of aliphatic carboxylic acids is 1. The van der Waals surface area contributed by atoms with Crippen molar-refractivity contribution in [2.45, 2.75) is 58.8 Å². The van der Waals surface area contributed by atoms with Crippen LogP contribution < -0.4 is 0 Å². The average molecular weight is 332 g/mol. The topological polar surface area (TPSA) is 63.6 Å². The van der Waals surface area contributed by atoms with E-state index in [9.17, 15) is 14.7 Å². The number of carboxylic acids is 1. The van der Waals surface area contributed by atoms with Gasteiger partial charge in [0.15, 0.2) is 0 Å². The zero-order valence-corrected chi connectivity index (χ0v) is 14.8. The Kier molecular flexibility index (Phi) is 4.35. The number of fused-ring (bicyclic) bond motifs is 1. The molecule has 1 N–H and O–H groups in total. The first-order valence-corrected chi connectivity index (χ1v) is 9.06. The predicted octanol–water partition coefficient (Wildman–Crippen LogP) is 4.11. The van der Waals surface area contributed by atoms with Gasteiger partial charge in [-0.1, -0.05) is 25.5 Å². The molecule has 3 aliphatic rings. The van der Waals surface area contributed by atoms with Crippen LogP contribution in [-0.4, -0.2) is 23.7 Å². The van der Waals surface area contributed by atoms with Crippen molar-refractivity contribution in [2.75, 3.05) is 6.61 Å². The molecule has 0 aromatic heterocycles. The SMILES string of the molecule is C=C1CC[C@@H]2[C@@](C)(CCC[C@]2(C)C(=O)O)[C@@H]1CCC1=CCOC1=O. The van der Waals surface area contributed by atoms with Crippen molar-refractivity contribution >= 4 is 11.9 Å². The van der Waals surface area contributed by atoms with Crippen LogP contribution in [0.15, 0.2) is 23.8 Å². The molecule has 0 spiro atoms. The predicted molar refractivity (Wildman–Crippen MR) is 91.3 cm³/mol. The molecule has 0 radical (unpaired) electrons. The van der Waals surface area contributed by atoms with E-state index >= 15 is 0 Å². The Morgan fingerprint density at radius 1 is 1.42 bits per heavy atom. The molecule has 0 saturated heterocycles. The molecule has 2 fully saturated rings. The van der Waals surface area contributed by atoms with E-state index in [0.29, 0.717) is 13.0 Å². The zero-order valence-electron chi connectivity index (χ0n) is 14.8. The van der Waals surface area contributed by atoms with Gasteiger partial charge in [0.2, 0.25) is 0 Å². The number of allylic oxidation sites excluding steroid dienone is 1. The summed E-state index contributed by atoms with van der Waals surface area (Å²) >= 11 is 0. The molecular weight excluding hydrogens is 304 g/mol. The Labute approximate surface area is 144 Å². The largest absolute Gasteiger partial charge is 0.481 e. The van der Waals surface area contributed by atoms with E-state index in [1.165, 1.54) is 5.57 Å². The van der Waals surface area contributed by atoms with E-state index in [1.54, 1.807) is 0 Å². The molecular formula is C20H28O4. The lowest BCUT2D eigenvalue weighted by Gasteiger charge is -2.57. The first-order valence-electron chi connectivity index (χ1n) is 9.06. The van der Waals surface area contributed by atoms with Crippen molar-refractivity contribution in [2.24, 2.45) is 22.7 Å². The van der Waals surface area contributed by atoms with E-state index in [1.807, 2.05) is 13.0 Å². The molecule has 4 nitrogen and oxygen atoms in total. The van der Waals surface area contributed by atoms with E-state index in [4.69, 9.17) is 4.74 Å². The van der Waals surface area contributed by atoms with Crippen molar-refractivity contribution in [1.82, 2.24) is 0 Å². The van der Waals surface area contributed by atoms with Gasteiger partial charge in [-0.15, -0.1) is 0 Å². The van der Waals surface area contributed by atoms with Crippen LogP contribution in [-0.2, 0) is 14.3 Å². The smallest absolute Gasteiger partial charge is 0.334 e. The monoisotopic (exact) mass is 332 g/mol. The van der Waals surface area contributed by atoms with Gasteiger partial charge in [-0.3, -0.25) is 4.79 Å². The fourth-order valence-electron chi connectivity index (χ4n) is 5.64. The summed E-state index contributed by atoms with van der Waals surface area (Å²) in [7, 11) is 0. The molecule has 4 atom stereocenters. The molecule has 0 bridgehead atoms. The summed E-state index contributed by atoms with van der Waals surface area (Å²) in [6.07, 6.45) is 8.01. The van der Waals surface area contributed by atoms with Crippen LogP contribution in [0, 0.1) is 22.7 Å². The summed E-state index contributed by atoms with van der Waals surface area (Å²) in [5.41, 5.74) is 1.32. The average Bonchev–Trinajstić information content (AvgIpc) is 2.91. The fourth-order valence-corrected chi connectivity index (χ4v) is 5.64. The Morgan fingerprint density at radius 3 is 2.79 bits per heavy atom. The van der Waals surface area contributed by atoms with Crippen molar-refractivity contribution < 1.29 is 19.4 Å². The summed E-state index contributed by atoms with van der Waals surface area (Å²) < 4.78 is 5.00. The van der Waals surface area contributed by atoms with Gasteiger partial charge in [-0.25, -0.2) is 4.79 Å². The number of cyclic esters (lactones) is 1. The number of rotatable bonds is 4. The van der Waals surface area contributed by atoms with Crippen LogP contribution >= 0.6 is 0 Å². The van der Waals surface area contributed by atoms with Crippen LogP contribution in [0.1, 0.15) is 58.8 Å². The highest BCUT2D eigenvalue weighted by Crippen LogP contribution is 2.62. The minimum absolute atomic E-state index is 0.0379. The lowest BCUT2D eigenvalue weighted by molar-refractivity contribution is -0.164. The highest BCUT2D eigenvalue weighted by Gasteiger charge is 2.57. The lowest BCUT2D eigenvalue weighted by Crippen LogP contribution is -2.53. The first kappa shape index (κ1) is 17.2. The van der Waals surface area contributed by atoms with Crippen LogP contribution in [0.2, 0.25) is 0 Å². The summed E-state index contributed by atoms with van der Waals surface area (Å²) in [4.78, 5) is 23.7. The number of carboxylic acid groups (broad SMARTS) is 1. The van der Waals surface area contributed by atoms with E-state index < -0.39 is 11.4 Å². The minimum Gasteiger partial charge on any atom is -0.481 e. The number of carbonyl (C=O) groups excluding carboxylic acids is 1. The van der Waals surface area contributed by atoms with E-state index in [-0.39, 0.29) is 23.2 Å². The third-order valence-corrected chi connectivity index (χ3v) is 7.02. The van der Waals surface area contributed by atoms with Crippen LogP contribution in [0.5, 0.6) is 0 Å². The highest BCUT2D eigenvalue weighted by atomic mass is 16.5. The molecule has 0 aromatic rings. The number of ether oxygens (including phenoxy) is 1. The van der Waals surface area contributed by atoms with Crippen LogP contribution in [0.25, 0.3) is 0 Å². The number of carbonyl (C=O) groups is 2. The van der Waals surface area contributed by atoms with Gasteiger partial charge >= 0.3 is 11.9 Å². The molecule has 2 aliphatic carbocycles. The molecule has 0 aromatic carbocycles. The second kappa shape index (κ2) is 6.05. The van der Waals surface area contributed by atoms with Gasteiger partial charge in [0.05, 0.1) is 5.41 Å². The van der Waals surface area contributed by atoms with Crippen molar-refractivity contribution in [3.8, 4) is 0 Å². The first-order chi connectivity index (χ1) is 11.3. The molecule has 24 heavy (non-hydrogen) atoms. The zero-order chi connectivity index (χ0) is 17.5. The van der Waals surface area contributed by atoms with Crippen LogP contribution in [0.4, 0.5) is 0 Å². The van der Waals surface area contributed by atoms with Crippen molar-refractivity contribution in [1.29, 1.82) is 0 Å². The highest BCUT2D eigenvalue weighted by molar-refractivity contribution is 5.90. The maximum Gasteiger partial charge on any atom is 0.334 e.